The maximum absolute atomic E-state index is 5.87. The highest BCUT2D eigenvalue weighted by Crippen LogP contribution is 2.36. The summed E-state index contributed by atoms with van der Waals surface area (Å²) in [7, 11) is 0. The lowest BCUT2D eigenvalue weighted by atomic mass is 10.2. The van der Waals surface area contributed by atoms with Crippen LogP contribution in [-0.4, -0.2) is 16.8 Å². The molecule has 0 bridgehead atoms. The number of benzene rings is 2. The van der Waals surface area contributed by atoms with Crippen molar-refractivity contribution in [2.24, 2.45) is 0 Å². The monoisotopic (exact) mass is 404 g/mol. The van der Waals surface area contributed by atoms with Crippen LogP contribution in [0.25, 0.3) is 0 Å². The van der Waals surface area contributed by atoms with Gasteiger partial charge in [-0.15, -0.1) is 10.2 Å². The number of fused-ring (bicyclic) bond motifs is 1. The zero-order chi connectivity index (χ0) is 16.4. The number of ether oxygens (including phenoxy) is 2. The number of nitrogens with zero attached hydrogens (tertiary/aromatic N) is 2. The minimum Gasteiger partial charge on any atom is -0.485 e. The summed E-state index contributed by atoms with van der Waals surface area (Å²) in [5, 5.41) is 8.69. The van der Waals surface area contributed by atoms with Crippen molar-refractivity contribution in [1.82, 2.24) is 10.2 Å². The van der Waals surface area contributed by atoms with Crippen LogP contribution >= 0.6 is 27.7 Å². The smallest absolute Gasteiger partial charge is 0.277 e. The SMILES string of the molecule is Brc1ccc(CSc2nnc([C@@H]3COc4ccccc4O3)o2)cc1. The second kappa shape index (κ2) is 6.86. The molecule has 24 heavy (non-hydrogen) atoms. The van der Waals surface area contributed by atoms with Crippen molar-refractivity contribution in [2.75, 3.05) is 6.61 Å². The Morgan fingerprint density at radius 3 is 2.67 bits per heavy atom. The molecule has 0 spiro atoms. The third kappa shape index (κ3) is 3.42. The van der Waals surface area contributed by atoms with E-state index in [1.807, 2.05) is 36.4 Å². The Labute approximate surface area is 151 Å². The van der Waals surface area contributed by atoms with Crippen molar-refractivity contribution in [3.63, 3.8) is 0 Å². The molecule has 1 aliphatic heterocycles. The first-order chi connectivity index (χ1) is 11.8. The molecule has 5 nitrogen and oxygen atoms in total. The van der Waals surface area contributed by atoms with Crippen LogP contribution in [0.4, 0.5) is 0 Å². The topological polar surface area (TPSA) is 57.4 Å². The number of hydrogen-bond donors (Lipinski definition) is 0. The first-order valence-corrected chi connectivity index (χ1v) is 9.15. The van der Waals surface area contributed by atoms with Crippen molar-refractivity contribution >= 4 is 27.7 Å². The van der Waals surface area contributed by atoms with Gasteiger partial charge in [0, 0.05) is 10.2 Å². The van der Waals surface area contributed by atoms with Crippen LogP contribution in [0.3, 0.4) is 0 Å². The van der Waals surface area contributed by atoms with E-state index in [0.29, 0.717) is 23.5 Å². The number of hydrogen-bond acceptors (Lipinski definition) is 6. The maximum Gasteiger partial charge on any atom is 0.277 e. The first-order valence-electron chi connectivity index (χ1n) is 7.37. The highest BCUT2D eigenvalue weighted by molar-refractivity contribution is 9.10. The molecule has 0 saturated heterocycles. The number of rotatable bonds is 4. The van der Waals surface area contributed by atoms with E-state index in [1.165, 1.54) is 17.3 Å². The van der Waals surface area contributed by atoms with E-state index in [9.17, 15) is 0 Å². The number of para-hydroxylation sites is 2. The second-order valence-electron chi connectivity index (χ2n) is 5.19. The Kier molecular flexibility index (Phi) is 4.44. The molecule has 0 amide bonds. The van der Waals surface area contributed by atoms with Crippen LogP contribution in [-0.2, 0) is 5.75 Å². The lowest BCUT2D eigenvalue weighted by Gasteiger charge is -2.23. The molecule has 0 saturated carbocycles. The van der Waals surface area contributed by atoms with Gasteiger partial charge in [0.05, 0.1) is 0 Å². The van der Waals surface area contributed by atoms with Crippen LogP contribution in [0.1, 0.15) is 17.6 Å². The summed E-state index contributed by atoms with van der Waals surface area (Å²) in [5.41, 5.74) is 1.19. The van der Waals surface area contributed by atoms with Crippen molar-refractivity contribution in [3.8, 4) is 11.5 Å². The van der Waals surface area contributed by atoms with Crippen molar-refractivity contribution < 1.29 is 13.9 Å². The molecule has 1 atom stereocenters. The molecule has 1 aromatic heterocycles. The molecule has 3 aromatic rings. The van der Waals surface area contributed by atoms with Crippen LogP contribution in [0.15, 0.2) is 62.6 Å². The van der Waals surface area contributed by atoms with Gasteiger partial charge in [-0.2, -0.15) is 0 Å². The highest BCUT2D eigenvalue weighted by atomic mass is 79.9. The lowest BCUT2D eigenvalue weighted by molar-refractivity contribution is 0.0686. The molecule has 7 heteroatoms. The standard InChI is InChI=1S/C17H13BrN2O3S/c18-12-7-5-11(6-8-12)10-24-17-20-19-16(23-17)15-9-21-13-3-1-2-4-14(13)22-15/h1-8,15H,9-10H2/t15-/m0/s1. The van der Waals surface area contributed by atoms with Crippen molar-refractivity contribution in [1.29, 1.82) is 0 Å². The zero-order valence-corrected chi connectivity index (χ0v) is 14.9. The summed E-state index contributed by atoms with van der Waals surface area (Å²) in [5.74, 6) is 2.62. The molecule has 0 radical (unpaired) electrons. The molecule has 2 aromatic carbocycles. The van der Waals surface area contributed by atoms with E-state index >= 15 is 0 Å². The van der Waals surface area contributed by atoms with E-state index in [-0.39, 0.29) is 6.10 Å². The van der Waals surface area contributed by atoms with E-state index < -0.39 is 0 Å². The van der Waals surface area contributed by atoms with Crippen LogP contribution in [0.5, 0.6) is 11.5 Å². The lowest BCUT2D eigenvalue weighted by Crippen LogP contribution is -2.21. The van der Waals surface area contributed by atoms with Crippen molar-refractivity contribution in [2.45, 2.75) is 17.1 Å². The molecule has 4 rings (SSSR count). The number of thioether (sulfide) groups is 1. The third-order valence-corrected chi connectivity index (χ3v) is 4.90. The molecule has 122 valence electrons. The summed E-state index contributed by atoms with van der Waals surface area (Å²) < 4.78 is 18.3. The first kappa shape index (κ1) is 15.5. The van der Waals surface area contributed by atoms with Gasteiger partial charge in [-0.05, 0) is 29.8 Å². The van der Waals surface area contributed by atoms with E-state index in [4.69, 9.17) is 13.9 Å². The zero-order valence-electron chi connectivity index (χ0n) is 12.5. The van der Waals surface area contributed by atoms with Gasteiger partial charge in [-0.1, -0.05) is 52.0 Å². The largest absolute Gasteiger partial charge is 0.485 e. The fraction of sp³-hybridized carbons (Fsp3) is 0.176. The molecule has 1 aliphatic rings. The van der Waals surface area contributed by atoms with Gasteiger partial charge in [-0.3, -0.25) is 0 Å². The summed E-state index contributed by atoms with van der Waals surface area (Å²) in [6, 6.07) is 15.7. The van der Waals surface area contributed by atoms with Gasteiger partial charge in [-0.25, -0.2) is 0 Å². The maximum atomic E-state index is 5.87. The average molecular weight is 405 g/mol. The fourth-order valence-corrected chi connectivity index (χ4v) is 3.27. The molecule has 2 heterocycles. The van der Waals surface area contributed by atoms with Crippen LogP contribution in [0, 0.1) is 0 Å². The normalized spacial score (nSPS) is 16.1. The molecular formula is C17H13BrN2O3S. The van der Waals surface area contributed by atoms with E-state index in [0.717, 1.165) is 16.0 Å². The van der Waals surface area contributed by atoms with Gasteiger partial charge in [0.1, 0.15) is 6.61 Å². The Bertz CT molecular complexity index is 838. The predicted octanol–water partition coefficient (Wildman–Crippen LogP) is 4.64. The summed E-state index contributed by atoms with van der Waals surface area (Å²) >= 11 is 4.92. The predicted molar refractivity (Wildman–Crippen MR) is 93.3 cm³/mol. The quantitative estimate of drug-likeness (QED) is 0.590. The highest BCUT2D eigenvalue weighted by Gasteiger charge is 2.27. The van der Waals surface area contributed by atoms with Crippen LogP contribution < -0.4 is 9.47 Å². The molecular weight excluding hydrogens is 392 g/mol. The van der Waals surface area contributed by atoms with Gasteiger partial charge in [0.15, 0.2) is 11.5 Å². The Morgan fingerprint density at radius 2 is 1.83 bits per heavy atom. The van der Waals surface area contributed by atoms with Crippen molar-refractivity contribution in [3.05, 3.63) is 64.5 Å². The summed E-state index contributed by atoms with van der Waals surface area (Å²) in [4.78, 5) is 0. The minimum absolute atomic E-state index is 0.357. The van der Waals surface area contributed by atoms with Crippen LogP contribution in [0.2, 0.25) is 0 Å². The minimum atomic E-state index is -0.380. The Hall–Kier alpha value is -1.99. The molecule has 0 fully saturated rings. The third-order valence-electron chi connectivity index (χ3n) is 3.48. The second-order valence-corrected chi connectivity index (χ2v) is 7.03. The van der Waals surface area contributed by atoms with Gasteiger partial charge in [0.2, 0.25) is 6.10 Å². The molecule has 0 unspecified atom stereocenters. The van der Waals surface area contributed by atoms with E-state index in [1.54, 1.807) is 0 Å². The molecule has 0 N–H and O–H groups in total. The van der Waals surface area contributed by atoms with Gasteiger partial charge < -0.3 is 13.9 Å². The Morgan fingerprint density at radius 1 is 1.04 bits per heavy atom. The number of halogens is 1. The summed E-state index contributed by atoms with van der Waals surface area (Å²) in [6.07, 6.45) is -0.380. The van der Waals surface area contributed by atoms with Gasteiger partial charge >= 0.3 is 0 Å². The molecule has 0 aliphatic carbocycles. The number of aromatic nitrogens is 2. The summed E-state index contributed by atoms with van der Waals surface area (Å²) in [6.45, 7) is 0.357. The van der Waals surface area contributed by atoms with Gasteiger partial charge in [0.25, 0.3) is 11.1 Å². The Balaban J connectivity index is 1.41. The fourth-order valence-electron chi connectivity index (χ4n) is 2.28. The van der Waals surface area contributed by atoms with E-state index in [2.05, 4.69) is 38.3 Å². The average Bonchev–Trinajstić information content (AvgIpc) is 3.10.